The molecular weight excluding hydrogens is 667 g/mol. The molecule has 0 radical (unpaired) electrons. The van der Waals surface area contributed by atoms with Crippen LogP contribution in [0.25, 0.3) is 34.4 Å². The van der Waals surface area contributed by atoms with E-state index in [4.69, 9.17) is 0 Å². The molecule has 2 atom stereocenters. The third-order valence-electron chi connectivity index (χ3n) is 11.1. The van der Waals surface area contributed by atoms with Gasteiger partial charge in [0.15, 0.2) is 0 Å². The van der Waals surface area contributed by atoms with Crippen LogP contribution in [0.2, 0.25) is 8.26 Å². The molecule has 0 saturated carbocycles. The molecule has 0 aromatic heterocycles. The Hall–Kier alpha value is -2.18. The molecule has 45 heavy (non-hydrogen) atoms. The monoisotopic (exact) mass is 710 g/mol. The smallest absolute Gasteiger partial charge is 1.00 e. The van der Waals surface area contributed by atoms with Gasteiger partial charge in [0.25, 0.3) is 0 Å². The predicted molar refractivity (Wildman–Crippen MR) is 183 cm³/mol. The summed E-state index contributed by atoms with van der Waals surface area (Å²) in [5.74, 6) is 1.12. The summed E-state index contributed by atoms with van der Waals surface area (Å²) in [6.45, 7) is 19.2. The number of fused-ring (bicyclic) bond motifs is 2. The van der Waals surface area contributed by atoms with Crippen molar-refractivity contribution in [3.05, 3.63) is 128 Å². The molecule has 0 spiro atoms. The van der Waals surface area contributed by atoms with Crippen LogP contribution in [0.1, 0.15) is 79.5 Å². The molecule has 0 amide bonds. The molecule has 232 valence electrons. The van der Waals surface area contributed by atoms with E-state index in [9.17, 15) is 0 Å². The Morgan fingerprint density at radius 3 is 1.20 bits per heavy atom. The summed E-state index contributed by atoms with van der Waals surface area (Å²) in [6.07, 6.45) is 5.34. The molecule has 7 rings (SSSR count). The van der Waals surface area contributed by atoms with Crippen LogP contribution in [0.5, 0.6) is 0 Å². The number of aryl methyl sites for hydroxylation is 4. The zero-order valence-corrected chi connectivity index (χ0v) is 32.0. The number of hydrogen-bond donors (Lipinski definition) is 0. The summed E-state index contributed by atoms with van der Waals surface area (Å²) in [5, 5.41) is 0. The SMILES string of the molecule is Cc1ccccc1-c1ccc(C)c2c1C=C(C(C)C)[CH]2[Zr+2]1([CH]2C(C(C)C)=Cc3c(-c4ccccc4C)ccc(C)c32)[CH2][CH2]1.[Cl-].[Cl-]. The first-order chi connectivity index (χ1) is 20.6. The maximum atomic E-state index is 2.67. The fourth-order valence-electron chi connectivity index (χ4n) is 8.75. The molecule has 1 saturated heterocycles. The van der Waals surface area contributed by atoms with Crippen molar-refractivity contribution >= 4 is 12.2 Å². The Morgan fingerprint density at radius 2 is 0.867 bits per heavy atom. The van der Waals surface area contributed by atoms with E-state index < -0.39 is 20.3 Å². The number of rotatable bonds is 6. The van der Waals surface area contributed by atoms with Crippen LogP contribution in [-0.4, -0.2) is 0 Å². The molecule has 0 N–H and O–H groups in total. The first-order valence-corrected chi connectivity index (χ1v) is 22.8. The normalized spacial score (nSPS) is 18.3. The van der Waals surface area contributed by atoms with Crippen LogP contribution < -0.4 is 24.8 Å². The predicted octanol–water partition coefficient (Wildman–Crippen LogP) is 6.15. The van der Waals surface area contributed by atoms with Crippen LogP contribution in [0, 0.1) is 39.5 Å². The average Bonchev–Trinajstić information content (AvgIpc) is 3.47. The van der Waals surface area contributed by atoms with Crippen molar-refractivity contribution in [1.82, 2.24) is 0 Å². The number of allylic oxidation sites excluding steroid dienone is 2. The third-order valence-corrected chi connectivity index (χ3v) is 23.8. The van der Waals surface area contributed by atoms with E-state index in [1.54, 1.807) is 22.3 Å². The van der Waals surface area contributed by atoms with Gasteiger partial charge >= 0.3 is 266 Å². The topological polar surface area (TPSA) is 0 Å². The summed E-state index contributed by atoms with van der Waals surface area (Å²) in [5.41, 5.74) is 21.3. The molecule has 4 aromatic carbocycles. The van der Waals surface area contributed by atoms with Crippen molar-refractivity contribution in [3.63, 3.8) is 0 Å². The fourth-order valence-corrected chi connectivity index (χ4v) is 27.3. The molecule has 4 aromatic rings. The van der Waals surface area contributed by atoms with E-state index in [0.29, 0.717) is 19.1 Å². The molecular formula is C42H46Cl2Zr. The summed E-state index contributed by atoms with van der Waals surface area (Å²) in [7, 11) is 0. The second-order valence-electron chi connectivity index (χ2n) is 14.3. The maximum absolute atomic E-state index is 2.86. The molecule has 0 bridgehead atoms. The van der Waals surface area contributed by atoms with Gasteiger partial charge in [-0.2, -0.15) is 0 Å². The van der Waals surface area contributed by atoms with Crippen molar-refractivity contribution in [3.8, 4) is 22.3 Å². The van der Waals surface area contributed by atoms with E-state index in [-0.39, 0.29) is 24.8 Å². The summed E-state index contributed by atoms with van der Waals surface area (Å²) < 4.78 is 4.32. The second kappa shape index (κ2) is 12.8. The quantitative estimate of drug-likeness (QED) is 0.225. The number of benzene rings is 4. The number of hydrogen-bond acceptors (Lipinski definition) is 0. The van der Waals surface area contributed by atoms with Gasteiger partial charge in [0, 0.05) is 0 Å². The van der Waals surface area contributed by atoms with Crippen molar-refractivity contribution in [2.75, 3.05) is 0 Å². The van der Waals surface area contributed by atoms with E-state index in [2.05, 4.69) is 140 Å². The maximum Gasteiger partial charge on any atom is -1.00 e. The van der Waals surface area contributed by atoms with Crippen LogP contribution in [-0.2, 0) is 20.3 Å². The zero-order chi connectivity index (χ0) is 30.2. The molecule has 2 aliphatic carbocycles. The standard InChI is InChI=1S/2C20H21.C2H4.2ClH.Zr/c2*1-13(2)16-11-19-15(4)9-10-18(20(19)12-16)17-8-6-5-7-14(17)3;1-2;;;/h2*5-13H,1-4H3;1-2H2;2*1H;/q;;;;;+2/p-2. The van der Waals surface area contributed by atoms with Crippen LogP contribution >= 0.6 is 0 Å². The minimum Gasteiger partial charge on any atom is -1.00 e. The van der Waals surface area contributed by atoms with Gasteiger partial charge in [-0.1, -0.05) is 0 Å². The summed E-state index contributed by atoms with van der Waals surface area (Å²) in [6, 6.07) is 27.7. The van der Waals surface area contributed by atoms with Gasteiger partial charge in [0.05, 0.1) is 0 Å². The Labute approximate surface area is 288 Å². The van der Waals surface area contributed by atoms with E-state index in [0.717, 1.165) is 0 Å². The van der Waals surface area contributed by atoms with Crippen molar-refractivity contribution in [2.45, 2.75) is 70.9 Å². The largest absolute Gasteiger partial charge is 1.00 e. The molecule has 0 nitrogen and oxygen atoms in total. The van der Waals surface area contributed by atoms with Crippen LogP contribution in [0.4, 0.5) is 0 Å². The molecule has 1 heterocycles. The number of halogens is 2. The Kier molecular flexibility index (Phi) is 9.71. The third kappa shape index (κ3) is 5.40. The second-order valence-corrected chi connectivity index (χ2v) is 25.7. The van der Waals surface area contributed by atoms with Crippen LogP contribution in [0.3, 0.4) is 0 Å². The van der Waals surface area contributed by atoms with E-state index >= 15 is 0 Å². The molecule has 1 fully saturated rings. The van der Waals surface area contributed by atoms with Gasteiger partial charge in [-0.3, -0.25) is 0 Å². The Balaban J connectivity index is 0.00000200. The van der Waals surface area contributed by atoms with Gasteiger partial charge in [-0.05, 0) is 0 Å². The van der Waals surface area contributed by atoms with Crippen molar-refractivity contribution in [2.24, 2.45) is 11.8 Å². The van der Waals surface area contributed by atoms with Crippen LogP contribution in [0.15, 0.2) is 83.9 Å². The van der Waals surface area contributed by atoms with Gasteiger partial charge in [0.1, 0.15) is 0 Å². The van der Waals surface area contributed by atoms with Gasteiger partial charge in [-0.25, -0.2) is 0 Å². The van der Waals surface area contributed by atoms with E-state index in [1.807, 2.05) is 0 Å². The van der Waals surface area contributed by atoms with Gasteiger partial charge < -0.3 is 24.8 Å². The zero-order valence-electron chi connectivity index (χ0n) is 28.1. The minimum absolute atomic E-state index is 0. The van der Waals surface area contributed by atoms with Crippen molar-refractivity contribution in [1.29, 1.82) is 0 Å². The average molecular weight is 713 g/mol. The molecule has 3 aliphatic rings. The molecule has 1 aliphatic heterocycles. The minimum atomic E-state index is -2.86. The Morgan fingerprint density at radius 1 is 0.489 bits per heavy atom. The van der Waals surface area contributed by atoms with Gasteiger partial charge in [0.2, 0.25) is 0 Å². The van der Waals surface area contributed by atoms with E-state index in [1.165, 1.54) is 63.9 Å². The summed E-state index contributed by atoms with van der Waals surface area (Å²) in [4.78, 5) is 0. The fraction of sp³-hybridized carbons (Fsp3) is 0.333. The molecule has 2 unspecified atom stereocenters. The summed E-state index contributed by atoms with van der Waals surface area (Å²) >= 11 is -2.86. The first-order valence-electron chi connectivity index (χ1n) is 16.5. The van der Waals surface area contributed by atoms with Crippen molar-refractivity contribution < 1.29 is 45.1 Å². The van der Waals surface area contributed by atoms with Gasteiger partial charge in [-0.15, -0.1) is 0 Å². The first kappa shape index (κ1) is 34.2. The molecule has 3 heteroatoms. The Bertz CT molecular complexity index is 1700.